The van der Waals surface area contributed by atoms with Gasteiger partial charge >= 0.3 is 0 Å². The highest BCUT2D eigenvalue weighted by Gasteiger charge is 2.30. The van der Waals surface area contributed by atoms with E-state index >= 15 is 0 Å². The van der Waals surface area contributed by atoms with Gasteiger partial charge in [0.05, 0.1) is 6.54 Å². The Bertz CT molecular complexity index is 616. The lowest BCUT2D eigenvalue weighted by atomic mass is 10.2. The average molecular weight is 321 g/mol. The van der Waals surface area contributed by atoms with Crippen LogP contribution in [0.25, 0.3) is 11.5 Å². The molecule has 1 aromatic heterocycles. The molecule has 3 rings (SSSR count). The molecule has 0 N–H and O–H groups in total. The van der Waals surface area contributed by atoms with Crippen LogP contribution >= 0.6 is 11.8 Å². The van der Waals surface area contributed by atoms with E-state index in [0.717, 1.165) is 5.56 Å². The molecule has 1 saturated carbocycles. The van der Waals surface area contributed by atoms with Crippen molar-refractivity contribution < 1.29 is 8.81 Å². The molecule has 1 aromatic carbocycles. The van der Waals surface area contributed by atoms with Crippen molar-refractivity contribution in [2.45, 2.75) is 37.1 Å². The number of halogens is 1. The van der Waals surface area contributed by atoms with E-state index in [4.69, 9.17) is 4.42 Å². The van der Waals surface area contributed by atoms with Crippen LogP contribution in [0.4, 0.5) is 4.39 Å². The van der Waals surface area contributed by atoms with Gasteiger partial charge in [-0.2, -0.15) is 11.8 Å². The smallest absolute Gasteiger partial charge is 0.247 e. The molecular formula is C16H20FN3OS. The lowest BCUT2D eigenvalue weighted by molar-refractivity contribution is 0.219. The molecule has 22 heavy (non-hydrogen) atoms. The highest BCUT2D eigenvalue weighted by Crippen LogP contribution is 2.32. The summed E-state index contributed by atoms with van der Waals surface area (Å²) in [6.45, 7) is 0.649. The van der Waals surface area contributed by atoms with Crippen molar-refractivity contribution in [3.05, 3.63) is 36.0 Å². The Hall–Kier alpha value is -1.40. The molecule has 0 radical (unpaired) electrons. The molecule has 0 saturated heterocycles. The second-order valence-electron chi connectivity index (χ2n) is 5.70. The Morgan fingerprint density at radius 1 is 1.27 bits per heavy atom. The average Bonchev–Trinajstić information content (AvgIpc) is 3.16. The monoisotopic (exact) mass is 321 g/mol. The predicted molar refractivity (Wildman–Crippen MR) is 86.1 cm³/mol. The Morgan fingerprint density at radius 3 is 2.77 bits per heavy atom. The molecule has 2 atom stereocenters. The largest absolute Gasteiger partial charge is 0.419 e. The number of rotatable bonds is 5. The molecule has 2 aromatic rings. The molecule has 118 valence electrons. The van der Waals surface area contributed by atoms with Crippen molar-refractivity contribution in [1.29, 1.82) is 0 Å². The summed E-state index contributed by atoms with van der Waals surface area (Å²) in [6, 6.07) is 6.66. The molecule has 0 spiro atoms. The zero-order chi connectivity index (χ0) is 15.5. The number of thioether (sulfide) groups is 1. The maximum atomic E-state index is 12.9. The van der Waals surface area contributed by atoms with Gasteiger partial charge in [-0.05, 0) is 50.4 Å². The minimum absolute atomic E-state index is 0.271. The van der Waals surface area contributed by atoms with Gasteiger partial charge in [-0.1, -0.05) is 6.42 Å². The van der Waals surface area contributed by atoms with E-state index in [9.17, 15) is 4.39 Å². The molecule has 4 nitrogen and oxygen atoms in total. The quantitative estimate of drug-likeness (QED) is 0.842. The van der Waals surface area contributed by atoms with E-state index in [1.54, 1.807) is 12.1 Å². The molecule has 0 unspecified atom stereocenters. The third kappa shape index (κ3) is 3.33. The highest BCUT2D eigenvalue weighted by atomic mass is 32.2. The zero-order valence-corrected chi connectivity index (χ0v) is 13.6. The maximum absolute atomic E-state index is 12.9. The summed E-state index contributed by atoms with van der Waals surface area (Å²) in [5.74, 6) is 0.775. The third-order valence-electron chi connectivity index (χ3n) is 4.23. The summed E-state index contributed by atoms with van der Waals surface area (Å²) in [6.07, 6.45) is 5.96. The van der Waals surface area contributed by atoms with Crippen LogP contribution in [-0.2, 0) is 6.54 Å². The summed E-state index contributed by atoms with van der Waals surface area (Å²) in [7, 11) is 2.11. The summed E-state index contributed by atoms with van der Waals surface area (Å²) < 4.78 is 18.7. The standard InChI is InChI=1S/C16H20FN3OS/c1-20(13-4-3-5-14(13)22-2)10-15-18-19-16(21-15)11-6-8-12(17)9-7-11/h6-9,13-14H,3-5,10H2,1-2H3/t13-,14+/m1/s1. The second-order valence-corrected chi connectivity index (χ2v) is 6.77. The van der Waals surface area contributed by atoms with Gasteiger partial charge in [0.15, 0.2) is 0 Å². The van der Waals surface area contributed by atoms with Gasteiger partial charge < -0.3 is 4.42 Å². The molecule has 1 heterocycles. The number of nitrogens with zero attached hydrogens (tertiary/aromatic N) is 3. The SMILES string of the molecule is CS[C@H]1CCC[C@H]1N(C)Cc1nnc(-c2ccc(F)cc2)o1. The zero-order valence-electron chi connectivity index (χ0n) is 12.8. The van der Waals surface area contributed by atoms with Gasteiger partial charge in [-0.3, -0.25) is 4.90 Å². The number of hydrogen-bond acceptors (Lipinski definition) is 5. The predicted octanol–water partition coefficient (Wildman–Crippen LogP) is 3.59. The molecule has 1 fully saturated rings. The fourth-order valence-electron chi connectivity index (χ4n) is 3.04. The van der Waals surface area contributed by atoms with Crippen molar-refractivity contribution in [3.63, 3.8) is 0 Å². The number of aromatic nitrogens is 2. The minimum atomic E-state index is -0.271. The molecule has 1 aliphatic carbocycles. The molecule has 1 aliphatic rings. The minimum Gasteiger partial charge on any atom is -0.419 e. The fourth-order valence-corrected chi connectivity index (χ4v) is 4.10. The van der Waals surface area contributed by atoms with Gasteiger partial charge in [-0.15, -0.1) is 10.2 Å². The fraction of sp³-hybridized carbons (Fsp3) is 0.500. The Kier molecular flexibility index (Phi) is 4.78. The van der Waals surface area contributed by atoms with Crippen molar-refractivity contribution in [1.82, 2.24) is 15.1 Å². The van der Waals surface area contributed by atoms with Crippen molar-refractivity contribution in [2.75, 3.05) is 13.3 Å². The van der Waals surface area contributed by atoms with Gasteiger partial charge in [0.1, 0.15) is 5.82 Å². The summed E-state index contributed by atoms with van der Waals surface area (Å²) >= 11 is 1.94. The van der Waals surface area contributed by atoms with Crippen LogP contribution in [0.5, 0.6) is 0 Å². The summed E-state index contributed by atoms with van der Waals surface area (Å²) in [5.41, 5.74) is 0.741. The van der Waals surface area contributed by atoms with Crippen molar-refractivity contribution >= 4 is 11.8 Å². The number of hydrogen-bond donors (Lipinski definition) is 0. The molecule has 0 bridgehead atoms. The number of benzene rings is 1. The van der Waals surface area contributed by atoms with Gasteiger partial charge in [0, 0.05) is 16.9 Å². The van der Waals surface area contributed by atoms with Crippen LogP contribution in [0, 0.1) is 5.82 Å². The van der Waals surface area contributed by atoms with E-state index in [1.165, 1.54) is 31.4 Å². The normalized spacial score (nSPS) is 21.6. The van der Waals surface area contributed by atoms with E-state index in [0.29, 0.717) is 29.6 Å². The van der Waals surface area contributed by atoms with E-state index in [-0.39, 0.29) is 5.82 Å². The van der Waals surface area contributed by atoms with E-state index < -0.39 is 0 Å². The van der Waals surface area contributed by atoms with Gasteiger partial charge in [0.2, 0.25) is 11.8 Å². The van der Waals surface area contributed by atoms with Crippen LogP contribution in [0.15, 0.2) is 28.7 Å². The first-order chi connectivity index (χ1) is 10.7. The third-order valence-corrected chi connectivity index (χ3v) is 5.38. The lowest BCUT2D eigenvalue weighted by Gasteiger charge is -2.27. The topological polar surface area (TPSA) is 42.2 Å². The van der Waals surface area contributed by atoms with Crippen LogP contribution in [0.1, 0.15) is 25.2 Å². The molecule has 0 amide bonds. The van der Waals surface area contributed by atoms with Gasteiger partial charge in [0.25, 0.3) is 0 Å². The first-order valence-corrected chi connectivity index (χ1v) is 8.77. The highest BCUT2D eigenvalue weighted by molar-refractivity contribution is 7.99. The van der Waals surface area contributed by atoms with Crippen molar-refractivity contribution in [2.24, 2.45) is 0 Å². The summed E-state index contributed by atoms with van der Waals surface area (Å²) in [4.78, 5) is 2.30. The van der Waals surface area contributed by atoms with Crippen LogP contribution in [0.2, 0.25) is 0 Å². The van der Waals surface area contributed by atoms with Crippen LogP contribution in [-0.4, -0.2) is 39.7 Å². The Balaban J connectivity index is 1.67. The van der Waals surface area contributed by atoms with E-state index in [2.05, 4.69) is 28.4 Å². The lowest BCUT2D eigenvalue weighted by Crippen LogP contribution is -2.35. The molecule has 0 aliphatic heterocycles. The maximum Gasteiger partial charge on any atom is 0.247 e. The van der Waals surface area contributed by atoms with E-state index in [1.807, 2.05) is 11.8 Å². The van der Waals surface area contributed by atoms with Crippen LogP contribution < -0.4 is 0 Å². The molecule has 6 heteroatoms. The second kappa shape index (κ2) is 6.79. The summed E-state index contributed by atoms with van der Waals surface area (Å²) in [5, 5.41) is 8.87. The van der Waals surface area contributed by atoms with Crippen LogP contribution in [0.3, 0.4) is 0 Å². The first kappa shape index (κ1) is 15.5. The van der Waals surface area contributed by atoms with Gasteiger partial charge in [-0.25, -0.2) is 4.39 Å². The van der Waals surface area contributed by atoms with Crippen molar-refractivity contribution in [3.8, 4) is 11.5 Å². The Morgan fingerprint density at radius 2 is 2.05 bits per heavy atom. The Labute approximate surface area is 134 Å². The first-order valence-electron chi connectivity index (χ1n) is 7.48. The molecular weight excluding hydrogens is 301 g/mol.